The molecule has 0 amide bonds. The second-order valence-corrected chi connectivity index (χ2v) is 9.31. The maximum Gasteiger partial charge on any atom is 0.299 e. The number of aromatic amines is 2. The molecule has 0 saturated carbocycles. The molecule has 4 aromatic carbocycles. The average molecular weight is 529 g/mol. The first kappa shape index (κ1) is 24.7. The van der Waals surface area contributed by atoms with Crippen LogP contribution in [0.25, 0.3) is 39.5 Å². The Morgan fingerprint density at radius 1 is 0.800 bits per heavy atom. The minimum Gasteiger partial charge on any atom is -0.505 e. The summed E-state index contributed by atoms with van der Waals surface area (Å²) < 4.78 is 1.46. The van der Waals surface area contributed by atoms with Gasteiger partial charge in [0.2, 0.25) is 0 Å². The van der Waals surface area contributed by atoms with Gasteiger partial charge in [0.15, 0.2) is 17.3 Å². The maximum absolute atomic E-state index is 13.6. The van der Waals surface area contributed by atoms with Crippen molar-refractivity contribution in [2.75, 3.05) is 0 Å². The van der Waals surface area contributed by atoms with E-state index in [4.69, 9.17) is 0 Å². The van der Waals surface area contributed by atoms with Crippen LogP contribution in [0.1, 0.15) is 11.1 Å². The molecule has 10 nitrogen and oxygen atoms in total. The monoisotopic (exact) mass is 528 g/mol. The Balaban J connectivity index is 1.42. The highest BCUT2D eigenvalue weighted by Crippen LogP contribution is 2.39. The molecule has 0 atom stereocenters. The highest BCUT2D eigenvalue weighted by molar-refractivity contribution is 5.79. The number of aromatic nitrogens is 6. The van der Waals surface area contributed by atoms with Gasteiger partial charge in [-0.1, -0.05) is 66.7 Å². The molecule has 6 aromatic rings. The molecule has 0 radical (unpaired) electrons. The number of azo groups is 1. The Labute approximate surface area is 228 Å². The predicted octanol–water partition coefficient (Wildman–Crippen LogP) is 6.42. The first-order valence-electron chi connectivity index (χ1n) is 12.6. The van der Waals surface area contributed by atoms with Crippen LogP contribution < -0.4 is 5.56 Å². The number of aryl methyl sites for hydroxylation is 2. The van der Waals surface area contributed by atoms with Crippen molar-refractivity contribution in [1.29, 1.82) is 0 Å². The molecule has 40 heavy (non-hydrogen) atoms. The van der Waals surface area contributed by atoms with E-state index >= 15 is 0 Å². The number of hydrogen-bond donors (Lipinski definition) is 3. The number of phenolic OH excluding ortho intramolecular Hbond substituents is 1. The number of para-hydroxylation sites is 1. The van der Waals surface area contributed by atoms with E-state index < -0.39 is 0 Å². The van der Waals surface area contributed by atoms with Crippen LogP contribution in [0.4, 0.5) is 11.4 Å². The topological polar surface area (TPSA) is 137 Å². The molecule has 0 fully saturated rings. The largest absolute Gasteiger partial charge is 0.505 e. The Kier molecular flexibility index (Phi) is 6.33. The molecule has 196 valence electrons. The zero-order valence-electron chi connectivity index (χ0n) is 21.7. The summed E-state index contributed by atoms with van der Waals surface area (Å²) in [6.07, 6.45) is 0. The number of hydrogen-bond acceptors (Lipinski definition) is 7. The molecule has 2 aromatic heterocycles. The third kappa shape index (κ3) is 4.58. The fourth-order valence-corrected chi connectivity index (χ4v) is 4.44. The average Bonchev–Trinajstić information content (AvgIpc) is 3.63. The van der Waals surface area contributed by atoms with Gasteiger partial charge in [0.25, 0.3) is 5.56 Å². The lowest BCUT2D eigenvalue weighted by atomic mass is 10.0. The van der Waals surface area contributed by atoms with Gasteiger partial charge >= 0.3 is 0 Å². The van der Waals surface area contributed by atoms with Gasteiger partial charge in [-0.2, -0.15) is 0 Å². The van der Waals surface area contributed by atoms with Crippen molar-refractivity contribution < 1.29 is 5.11 Å². The van der Waals surface area contributed by atoms with Crippen LogP contribution in [0.3, 0.4) is 0 Å². The van der Waals surface area contributed by atoms with Gasteiger partial charge < -0.3 is 5.11 Å². The van der Waals surface area contributed by atoms with Crippen LogP contribution in [0, 0.1) is 13.8 Å². The van der Waals surface area contributed by atoms with Gasteiger partial charge in [-0.25, -0.2) is 9.78 Å². The normalized spacial score (nSPS) is 11.3. The zero-order valence-corrected chi connectivity index (χ0v) is 21.7. The minimum absolute atomic E-state index is 0.0645. The van der Waals surface area contributed by atoms with E-state index in [0.717, 1.165) is 27.8 Å². The number of H-pyrrole nitrogens is 2. The van der Waals surface area contributed by atoms with E-state index in [0.29, 0.717) is 22.8 Å². The molecule has 2 heterocycles. The summed E-state index contributed by atoms with van der Waals surface area (Å²) in [5.41, 5.74) is 6.26. The molecule has 0 unspecified atom stereocenters. The van der Waals surface area contributed by atoms with E-state index in [1.165, 1.54) is 4.68 Å². The number of nitrogens with one attached hydrogen (secondary N) is 2. The number of nitrogens with zero attached hydrogens (tertiary/aromatic N) is 6. The lowest BCUT2D eigenvalue weighted by molar-refractivity contribution is 0.478. The van der Waals surface area contributed by atoms with E-state index in [1.807, 2.05) is 86.6 Å². The summed E-state index contributed by atoms with van der Waals surface area (Å²) in [7, 11) is 0. The van der Waals surface area contributed by atoms with Crippen LogP contribution >= 0.6 is 0 Å². The molecule has 0 aliphatic heterocycles. The third-order valence-electron chi connectivity index (χ3n) is 6.74. The number of rotatable bonds is 6. The summed E-state index contributed by atoms with van der Waals surface area (Å²) in [6.45, 7) is 4.02. The standard InChI is InChI=1S/C30H24N8O2/c1-18-14-15-23(16-19(18)2)38-30(40)27(26(35-38)20-8-4-3-5-9-20)32-31-25-13-7-12-24(28(25)39)21-10-6-11-22(17-21)29-33-36-37-34-29/h3-17,35,39H,1-2H3,(H,33,34,36,37). The second-order valence-electron chi connectivity index (χ2n) is 9.31. The molecule has 0 aliphatic carbocycles. The van der Waals surface area contributed by atoms with Gasteiger partial charge in [-0.05, 0) is 65.2 Å². The van der Waals surface area contributed by atoms with Crippen molar-refractivity contribution in [3.8, 4) is 45.2 Å². The quantitative estimate of drug-likeness (QED) is 0.214. The lowest BCUT2D eigenvalue weighted by Gasteiger charge is -2.08. The summed E-state index contributed by atoms with van der Waals surface area (Å²) in [5, 5.41) is 37.0. The summed E-state index contributed by atoms with van der Waals surface area (Å²) in [4.78, 5) is 13.6. The van der Waals surface area contributed by atoms with Gasteiger partial charge in [0.05, 0.1) is 11.4 Å². The van der Waals surface area contributed by atoms with Crippen LogP contribution in [0.2, 0.25) is 0 Å². The third-order valence-corrected chi connectivity index (χ3v) is 6.74. The molecular weight excluding hydrogens is 504 g/mol. The summed E-state index contributed by atoms with van der Waals surface area (Å²) in [6, 6.07) is 27.9. The Morgan fingerprint density at radius 2 is 1.57 bits per heavy atom. The van der Waals surface area contributed by atoms with Crippen molar-refractivity contribution in [2.45, 2.75) is 13.8 Å². The highest BCUT2D eigenvalue weighted by Gasteiger charge is 2.18. The fourth-order valence-electron chi connectivity index (χ4n) is 4.44. The van der Waals surface area contributed by atoms with E-state index in [1.54, 1.807) is 18.2 Å². The number of benzene rings is 4. The molecular formula is C30H24N8O2. The zero-order chi connectivity index (χ0) is 27.6. The van der Waals surface area contributed by atoms with E-state index in [-0.39, 0.29) is 22.7 Å². The van der Waals surface area contributed by atoms with Crippen LogP contribution in [-0.2, 0) is 0 Å². The number of phenols is 1. The van der Waals surface area contributed by atoms with Crippen LogP contribution in [0.15, 0.2) is 106 Å². The van der Waals surface area contributed by atoms with E-state index in [9.17, 15) is 9.90 Å². The number of aromatic hydroxyl groups is 1. The number of tetrazole rings is 1. The van der Waals surface area contributed by atoms with Crippen molar-refractivity contribution in [1.82, 2.24) is 30.4 Å². The second kappa shape index (κ2) is 10.3. The van der Waals surface area contributed by atoms with Gasteiger partial charge in [-0.3, -0.25) is 9.89 Å². The molecule has 0 aliphatic rings. The smallest absolute Gasteiger partial charge is 0.299 e. The van der Waals surface area contributed by atoms with Crippen molar-refractivity contribution in [3.05, 3.63) is 112 Å². The maximum atomic E-state index is 13.6. The first-order valence-corrected chi connectivity index (χ1v) is 12.6. The molecule has 0 bridgehead atoms. The molecule has 0 spiro atoms. The molecule has 6 rings (SSSR count). The Bertz CT molecular complexity index is 1900. The van der Waals surface area contributed by atoms with E-state index in [2.05, 4.69) is 36.0 Å². The van der Waals surface area contributed by atoms with Crippen LogP contribution in [0.5, 0.6) is 5.75 Å². The van der Waals surface area contributed by atoms with Gasteiger partial charge in [-0.15, -0.1) is 15.3 Å². The fraction of sp³-hybridized carbons (Fsp3) is 0.0667. The Morgan fingerprint density at radius 3 is 2.35 bits per heavy atom. The first-order chi connectivity index (χ1) is 19.5. The molecule has 0 saturated heterocycles. The minimum atomic E-state index is -0.352. The summed E-state index contributed by atoms with van der Waals surface area (Å²) >= 11 is 0. The Hall–Kier alpha value is -5.64. The van der Waals surface area contributed by atoms with Gasteiger partial charge in [0, 0.05) is 16.7 Å². The van der Waals surface area contributed by atoms with Gasteiger partial charge in [0.1, 0.15) is 5.69 Å². The highest BCUT2D eigenvalue weighted by atomic mass is 16.3. The molecule has 3 N–H and O–H groups in total. The lowest BCUT2D eigenvalue weighted by Crippen LogP contribution is -2.14. The van der Waals surface area contributed by atoms with Crippen molar-refractivity contribution >= 4 is 11.4 Å². The van der Waals surface area contributed by atoms with Crippen molar-refractivity contribution in [3.63, 3.8) is 0 Å². The predicted molar refractivity (Wildman–Crippen MR) is 152 cm³/mol. The van der Waals surface area contributed by atoms with Crippen molar-refractivity contribution in [2.24, 2.45) is 10.2 Å². The molecule has 10 heteroatoms. The van der Waals surface area contributed by atoms with Crippen LogP contribution in [-0.4, -0.2) is 35.5 Å². The SMILES string of the molecule is Cc1ccc(-n2[nH]c(-c3ccccc3)c(N=Nc3cccc(-c4cccc(-c5nnn[nH]5)c4)c3O)c2=O)cc1C. The summed E-state index contributed by atoms with van der Waals surface area (Å²) in [5.74, 6) is 0.448.